The van der Waals surface area contributed by atoms with Gasteiger partial charge in [-0.25, -0.2) is 4.98 Å². The first kappa shape index (κ1) is 13.9. The van der Waals surface area contributed by atoms with Gasteiger partial charge in [0.05, 0.1) is 35.8 Å². The fourth-order valence-electron chi connectivity index (χ4n) is 2.41. The lowest BCUT2D eigenvalue weighted by Gasteiger charge is -2.05. The van der Waals surface area contributed by atoms with Crippen LogP contribution in [0.2, 0.25) is 0 Å². The summed E-state index contributed by atoms with van der Waals surface area (Å²) in [5.74, 6) is 0. The van der Waals surface area contributed by atoms with Gasteiger partial charge in [0.2, 0.25) is 0 Å². The van der Waals surface area contributed by atoms with Crippen molar-refractivity contribution in [3.63, 3.8) is 0 Å². The standard InChI is InChI=1S/C15H16N4OS/c1-4-12-10(3)21-14-13(12)15(20)19(8-18-14)7-11-6-16-9(2)5-17-11/h5-6,8H,4,7H2,1-3H3. The van der Waals surface area contributed by atoms with Gasteiger partial charge in [0, 0.05) is 11.1 Å². The molecule has 0 atom stereocenters. The van der Waals surface area contributed by atoms with Gasteiger partial charge < -0.3 is 0 Å². The molecule has 0 aliphatic rings. The number of nitrogens with zero attached hydrogens (tertiary/aromatic N) is 4. The zero-order valence-corrected chi connectivity index (χ0v) is 13.1. The highest BCUT2D eigenvalue weighted by Gasteiger charge is 2.14. The van der Waals surface area contributed by atoms with Crippen molar-refractivity contribution in [2.24, 2.45) is 0 Å². The van der Waals surface area contributed by atoms with E-state index >= 15 is 0 Å². The minimum atomic E-state index is 0.00331. The van der Waals surface area contributed by atoms with E-state index in [2.05, 4.69) is 21.9 Å². The molecule has 3 aromatic rings. The number of hydrogen-bond donors (Lipinski definition) is 0. The van der Waals surface area contributed by atoms with Crippen molar-refractivity contribution >= 4 is 21.6 Å². The highest BCUT2D eigenvalue weighted by molar-refractivity contribution is 7.18. The minimum absolute atomic E-state index is 0.00331. The molecular formula is C15H16N4OS. The maximum absolute atomic E-state index is 12.7. The summed E-state index contributed by atoms with van der Waals surface area (Å²) < 4.78 is 1.60. The Labute approximate surface area is 126 Å². The zero-order valence-electron chi connectivity index (χ0n) is 12.3. The van der Waals surface area contributed by atoms with Crippen LogP contribution >= 0.6 is 11.3 Å². The van der Waals surface area contributed by atoms with E-state index in [9.17, 15) is 4.79 Å². The van der Waals surface area contributed by atoms with Gasteiger partial charge in [-0.1, -0.05) is 6.92 Å². The molecular weight excluding hydrogens is 284 g/mol. The Kier molecular flexibility index (Phi) is 3.55. The monoisotopic (exact) mass is 300 g/mol. The van der Waals surface area contributed by atoms with Crippen molar-refractivity contribution in [3.05, 3.63) is 50.9 Å². The first-order chi connectivity index (χ1) is 10.1. The predicted molar refractivity (Wildman–Crippen MR) is 83.9 cm³/mol. The van der Waals surface area contributed by atoms with Crippen molar-refractivity contribution < 1.29 is 0 Å². The molecule has 3 aromatic heterocycles. The van der Waals surface area contributed by atoms with Crippen LogP contribution in [0.3, 0.4) is 0 Å². The van der Waals surface area contributed by atoms with Crippen LogP contribution in [0.15, 0.2) is 23.5 Å². The first-order valence-electron chi connectivity index (χ1n) is 6.85. The molecule has 0 unspecified atom stereocenters. The molecule has 0 aliphatic carbocycles. The van der Waals surface area contributed by atoms with E-state index in [0.29, 0.717) is 6.54 Å². The number of thiophene rings is 1. The number of aromatic nitrogens is 4. The average molecular weight is 300 g/mol. The van der Waals surface area contributed by atoms with Crippen molar-refractivity contribution in [1.82, 2.24) is 19.5 Å². The van der Waals surface area contributed by atoms with E-state index in [-0.39, 0.29) is 5.56 Å². The molecule has 108 valence electrons. The van der Waals surface area contributed by atoms with Gasteiger partial charge in [0.15, 0.2) is 0 Å². The molecule has 0 bridgehead atoms. The van der Waals surface area contributed by atoms with Gasteiger partial charge in [0.1, 0.15) is 4.83 Å². The molecule has 0 radical (unpaired) electrons. The van der Waals surface area contributed by atoms with Gasteiger partial charge in [-0.2, -0.15) is 0 Å². The lowest BCUT2D eigenvalue weighted by atomic mass is 10.1. The predicted octanol–water partition coefficient (Wildman–Crippen LogP) is 2.48. The third kappa shape index (κ3) is 2.47. The summed E-state index contributed by atoms with van der Waals surface area (Å²) in [6.45, 7) is 6.39. The van der Waals surface area contributed by atoms with Crippen molar-refractivity contribution in [1.29, 1.82) is 0 Å². The lowest BCUT2D eigenvalue weighted by Crippen LogP contribution is -2.21. The maximum Gasteiger partial charge on any atom is 0.262 e. The van der Waals surface area contributed by atoms with E-state index in [1.165, 1.54) is 4.88 Å². The van der Waals surface area contributed by atoms with Crippen LogP contribution in [0.25, 0.3) is 10.2 Å². The molecule has 0 saturated carbocycles. The fourth-order valence-corrected chi connectivity index (χ4v) is 3.48. The number of hydrogen-bond acceptors (Lipinski definition) is 5. The fraction of sp³-hybridized carbons (Fsp3) is 0.333. The molecule has 3 rings (SSSR count). The second-order valence-electron chi connectivity index (χ2n) is 5.00. The lowest BCUT2D eigenvalue weighted by molar-refractivity contribution is 0.724. The normalized spacial score (nSPS) is 11.2. The highest BCUT2D eigenvalue weighted by Crippen LogP contribution is 2.26. The van der Waals surface area contributed by atoms with E-state index in [4.69, 9.17) is 0 Å². The van der Waals surface area contributed by atoms with E-state index < -0.39 is 0 Å². The van der Waals surface area contributed by atoms with Gasteiger partial charge in [0.25, 0.3) is 5.56 Å². The second-order valence-corrected chi connectivity index (χ2v) is 6.20. The summed E-state index contributed by atoms with van der Waals surface area (Å²) in [5.41, 5.74) is 2.73. The molecule has 21 heavy (non-hydrogen) atoms. The van der Waals surface area contributed by atoms with Gasteiger partial charge in [-0.05, 0) is 25.8 Å². The molecule has 0 saturated heterocycles. The molecule has 0 amide bonds. The maximum atomic E-state index is 12.7. The van der Waals surface area contributed by atoms with Crippen molar-refractivity contribution in [2.45, 2.75) is 33.7 Å². The molecule has 0 aromatic carbocycles. The quantitative estimate of drug-likeness (QED) is 0.745. The molecule has 0 spiro atoms. The topological polar surface area (TPSA) is 60.7 Å². The van der Waals surface area contributed by atoms with Crippen LogP contribution in [-0.4, -0.2) is 19.5 Å². The van der Waals surface area contributed by atoms with Gasteiger partial charge in [-0.3, -0.25) is 19.3 Å². The SMILES string of the molecule is CCc1c(C)sc2ncn(Cc3cnc(C)cn3)c(=O)c12. The van der Waals surface area contributed by atoms with Crippen LogP contribution in [0.4, 0.5) is 0 Å². The summed E-state index contributed by atoms with van der Waals surface area (Å²) in [7, 11) is 0. The second kappa shape index (κ2) is 5.37. The Morgan fingerprint density at radius 2 is 2.00 bits per heavy atom. The molecule has 3 heterocycles. The largest absolute Gasteiger partial charge is 0.293 e. The number of fused-ring (bicyclic) bond motifs is 1. The smallest absolute Gasteiger partial charge is 0.262 e. The summed E-state index contributed by atoms with van der Waals surface area (Å²) in [5, 5.41) is 0.752. The number of rotatable bonds is 3. The van der Waals surface area contributed by atoms with Crippen molar-refractivity contribution in [3.8, 4) is 0 Å². The minimum Gasteiger partial charge on any atom is -0.293 e. The van der Waals surface area contributed by atoms with Gasteiger partial charge in [-0.15, -0.1) is 11.3 Å². The van der Waals surface area contributed by atoms with E-state index in [1.807, 2.05) is 13.8 Å². The summed E-state index contributed by atoms with van der Waals surface area (Å²) in [6, 6.07) is 0. The Morgan fingerprint density at radius 1 is 1.19 bits per heavy atom. The Bertz CT molecular complexity index is 848. The Hall–Kier alpha value is -2.08. The molecule has 0 N–H and O–H groups in total. The number of aryl methyl sites for hydroxylation is 3. The third-order valence-electron chi connectivity index (χ3n) is 3.50. The van der Waals surface area contributed by atoms with E-state index in [0.717, 1.165) is 33.6 Å². The molecule has 0 aliphatic heterocycles. The first-order valence-corrected chi connectivity index (χ1v) is 7.66. The van der Waals surface area contributed by atoms with Crippen molar-refractivity contribution in [2.75, 3.05) is 0 Å². The third-order valence-corrected chi connectivity index (χ3v) is 4.56. The summed E-state index contributed by atoms with van der Waals surface area (Å²) >= 11 is 1.58. The summed E-state index contributed by atoms with van der Waals surface area (Å²) in [6.07, 6.45) is 5.85. The average Bonchev–Trinajstić information content (AvgIpc) is 2.80. The Morgan fingerprint density at radius 3 is 2.67 bits per heavy atom. The molecule has 6 heteroatoms. The Balaban J connectivity index is 2.09. The van der Waals surface area contributed by atoms with Gasteiger partial charge >= 0.3 is 0 Å². The van der Waals surface area contributed by atoms with Crippen LogP contribution in [0.5, 0.6) is 0 Å². The summed E-state index contributed by atoms with van der Waals surface area (Å²) in [4.78, 5) is 27.6. The molecule has 0 fully saturated rings. The van der Waals surface area contributed by atoms with Crippen LogP contribution in [0, 0.1) is 13.8 Å². The zero-order chi connectivity index (χ0) is 15.0. The molecule has 5 nitrogen and oxygen atoms in total. The van der Waals surface area contributed by atoms with E-state index in [1.54, 1.807) is 34.6 Å². The van der Waals surface area contributed by atoms with Crippen LogP contribution in [-0.2, 0) is 13.0 Å². The highest BCUT2D eigenvalue weighted by atomic mass is 32.1. The van der Waals surface area contributed by atoms with Crippen LogP contribution < -0.4 is 5.56 Å². The van der Waals surface area contributed by atoms with Crippen LogP contribution in [0.1, 0.15) is 28.8 Å².